The van der Waals surface area contributed by atoms with E-state index in [0.717, 1.165) is 5.56 Å². The average molecular weight is 440 g/mol. The van der Waals surface area contributed by atoms with E-state index < -0.39 is 6.10 Å². The number of carbonyl (C=O) groups is 1. The lowest BCUT2D eigenvalue weighted by atomic mass is 10.3. The highest BCUT2D eigenvalue weighted by atomic mass is 35.5. The van der Waals surface area contributed by atoms with Crippen LogP contribution in [0.25, 0.3) is 23.0 Å². The van der Waals surface area contributed by atoms with Gasteiger partial charge in [0.25, 0.3) is 11.8 Å². The Labute approximate surface area is 182 Å². The molecule has 4 rings (SSSR count). The summed E-state index contributed by atoms with van der Waals surface area (Å²) in [5.41, 5.74) is 1.18. The molecule has 0 aliphatic rings. The van der Waals surface area contributed by atoms with Crippen LogP contribution in [0.4, 0.5) is 0 Å². The first kappa shape index (κ1) is 20.5. The molecule has 0 aliphatic heterocycles. The van der Waals surface area contributed by atoms with Crippen molar-refractivity contribution in [2.24, 2.45) is 0 Å². The van der Waals surface area contributed by atoms with Crippen molar-refractivity contribution in [1.82, 2.24) is 35.4 Å². The van der Waals surface area contributed by atoms with E-state index >= 15 is 0 Å². The number of aromatic nitrogens is 6. The van der Waals surface area contributed by atoms with Gasteiger partial charge in [0.1, 0.15) is 5.75 Å². The Morgan fingerprint density at radius 3 is 2.90 bits per heavy atom. The van der Waals surface area contributed by atoms with Crippen LogP contribution in [0.5, 0.6) is 5.75 Å². The number of carbonyl (C=O) groups excluding carboxylic acids is 1. The second-order valence-corrected chi connectivity index (χ2v) is 6.97. The molecule has 0 aliphatic carbocycles. The summed E-state index contributed by atoms with van der Waals surface area (Å²) in [6.07, 6.45) is 4.32. The lowest BCUT2D eigenvalue weighted by Crippen LogP contribution is -2.38. The maximum Gasteiger partial charge on any atom is 0.280 e. The smallest absolute Gasteiger partial charge is 0.280 e. The minimum absolute atomic E-state index is 0.242. The molecule has 3 heterocycles. The van der Waals surface area contributed by atoms with Crippen LogP contribution in [0.1, 0.15) is 6.92 Å². The van der Waals surface area contributed by atoms with Gasteiger partial charge in [-0.1, -0.05) is 22.0 Å². The van der Waals surface area contributed by atoms with Gasteiger partial charge in [0.2, 0.25) is 5.82 Å². The Hall–Kier alpha value is -3.79. The third-order valence-electron chi connectivity index (χ3n) is 4.24. The Kier molecular flexibility index (Phi) is 6.18. The van der Waals surface area contributed by atoms with Crippen molar-refractivity contribution in [1.29, 1.82) is 0 Å². The summed E-state index contributed by atoms with van der Waals surface area (Å²) < 4.78 is 12.4. The third kappa shape index (κ3) is 5.23. The van der Waals surface area contributed by atoms with Gasteiger partial charge >= 0.3 is 0 Å². The molecule has 31 heavy (non-hydrogen) atoms. The van der Waals surface area contributed by atoms with Crippen molar-refractivity contribution in [2.45, 2.75) is 19.6 Å². The summed E-state index contributed by atoms with van der Waals surface area (Å²) in [6.45, 7) is 2.43. The monoisotopic (exact) mass is 439 g/mol. The van der Waals surface area contributed by atoms with Crippen molar-refractivity contribution in [2.75, 3.05) is 6.54 Å². The summed E-state index contributed by atoms with van der Waals surface area (Å²) in [5, 5.41) is 15.4. The lowest BCUT2D eigenvalue weighted by molar-refractivity contribution is -0.127. The van der Waals surface area contributed by atoms with Gasteiger partial charge in [-0.05, 0) is 43.3 Å². The molecule has 10 nitrogen and oxygen atoms in total. The zero-order valence-electron chi connectivity index (χ0n) is 16.5. The maximum absolute atomic E-state index is 12.2. The van der Waals surface area contributed by atoms with Crippen molar-refractivity contribution in [3.63, 3.8) is 0 Å². The molecule has 11 heteroatoms. The topological polar surface area (TPSA) is 121 Å². The molecule has 1 unspecified atom stereocenters. The number of hydrogen-bond donors (Lipinski definition) is 1. The fourth-order valence-electron chi connectivity index (χ4n) is 2.65. The van der Waals surface area contributed by atoms with E-state index in [4.69, 9.17) is 20.9 Å². The molecule has 0 saturated carbocycles. The molecule has 1 N–H and O–H groups in total. The van der Waals surface area contributed by atoms with Crippen molar-refractivity contribution < 1.29 is 14.1 Å². The average Bonchev–Trinajstić information content (AvgIpc) is 3.45. The van der Waals surface area contributed by atoms with E-state index in [2.05, 4.69) is 30.8 Å². The zero-order valence-corrected chi connectivity index (χ0v) is 17.2. The third-order valence-corrected chi connectivity index (χ3v) is 4.49. The molecule has 1 amide bonds. The molecular formula is C20H18ClN7O3. The predicted molar refractivity (Wildman–Crippen MR) is 111 cm³/mol. The van der Waals surface area contributed by atoms with Crippen molar-refractivity contribution in [3.8, 4) is 28.7 Å². The second kappa shape index (κ2) is 9.35. The van der Waals surface area contributed by atoms with E-state index in [1.807, 2.05) is 6.07 Å². The van der Waals surface area contributed by atoms with Gasteiger partial charge in [-0.15, -0.1) is 5.10 Å². The zero-order chi connectivity index (χ0) is 21.6. The van der Waals surface area contributed by atoms with Crippen molar-refractivity contribution >= 4 is 17.5 Å². The van der Waals surface area contributed by atoms with E-state index in [0.29, 0.717) is 35.4 Å². The first-order valence-corrected chi connectivity index (χ1v) is 9.81. The van der Waals surface area contributed by atoms with Crippen molar-refractivity contribution in [3.05, 3.63) is 60.0 Å². The molecule has 3 aromatic heterocycles. The van der Waals surface area contributed by atoms with E-state index in [1.54, 1.807) is 60.5 Å². The van der Waals surface area contributed by atoms with Gasteiger partial charge in [-0.2, -0.15) is 4.98 Å². The fourth-order valence-corrected chi connectivity index (χ4v) is 2.78. The number of rotatable bonds is 8. The minimum Gasteiger partial charge on any atom is -0.481 e. The van der Waals surface area contributed by atoms with Crippen LogP contribution in [0.15, 0.2) is 59.5 Å². The summed E-state index contributed by atoms with van der Waals surface area (Å²) in [5.74, 6) is 0.991. The normalized spacial score (nSPS) is 11.8. The highest BCUT2D eigenvalue weighted by molar-refractivity contribution is 6.30. The van der Waals surface area contributed by atoms with E-state index in [9.17, 15) is 4.79 Å². The molecule has 0 fully saturated rings. The molecule has 0 radical (unpaired) electrons. The molecule has 0 saturated heterocycles. The van der Waals surface area contributed by atoms with Crippen LogP contribution in [0.3, 0.4) is 0 Å². The standard InChI is InChI=1S/C20H18ClN7O3/c1-13(30-16-6-4-15(21)5-7-16)19(29)23-9-10-28-12-17(25-27-28)20-24-18(26-31-20)14-3-2-8-22-11-14/h2-8,11-13H,9-10H2,1H3,(H,23,29). The van der Waals surface area contributed by atoms with Crippen LogP contribution in [0.2, 0.25) is 5.02 Å². The van der Waals surface area contributed by atoms with Gasteiger partial charge in [-0.3, -0.25) is 9.78 Å². The number of nitrogens with zero attached hydrogens (tertiary/aromatic N) is 6. The van der Waals surface area contributed by atoms with Gasteiger partial charge in [-0.25, -0.2) is 4.68 Å². The van der Waals surface area contributed by atoms with E-state index in [-0.39, 0.29) is 11.8 Å². The molecule has 0 bridgehead atoms. The fraction of sp³-hybridized carbons (Fsp3) is 0.200. The van der Waals surface area contributed by atoms with Crippen LogP contribution in [-0.2, 0) is 11.3 Å². The van der Waals surface area contributed by atoms with Gasteiger partial charge in [0.15, 0.2) is 11.8 Å². The quantitative estimate of drug-likeness (QED) is 0.444. The summed E-state index contributed by atoms with van der Waals surface area (Å²) in [4.78, 5) is 20.6. The first-order valence-electron chi connectivity index (χ1n) is 9.43. The maximum atomic E-state index is 12.2. The first-order chi connectivity index (χ1) is 15.1. The summed E-state index contributed by atoms with van der Waals surface area (Å²) in [7, 11) is 0. The van der Waals surface area contributed by atoms with Crippen LogP contribution < -0.4 is 10.1 Å². The molecule has 4 aromatic rings. The number of hydrogen-bond acceptors (Lipinski definition) is 8. The Bertz CT molecular complexity index is 1150. The van der Waals surface area contributed by atoms with Crippen LogP contribution in [0, 0.1) is 0 Å². The van der Waals surface area contributed by atoms with E-state index in [1.165, 1.54) is 0 Å². The minimum atomic E-state index is -0.656. The van der Waals surface area contributed by atoms with Gasteiger partial charge < -0.3 is 14.6 Å². The van der Waals surface area contributed by atoms with Gasteiger partial charge in [0.05, 0.1) is 12.7 Å². The van der Waals surface area contributed by atoms with Gasteiger partial charge in [0, 0.05) is 29.5 Å². The highest BCUT2D eigenvalue weighted by Gasteiger charge is 2.16. The Morgan fingerprint density at radius 1 is 1.29 bits per heavy atom. The number of nitrogens with one attached hydrogen (secondary N) is 1. The number of amides is 1. The molecule has 158 valence electrons. The summed E-state index contributed by atoms with van der Waals surface area (Å²) >= 11 is 5.84. The number of benzene rings is 1. The number of ether oxygens (including phenoxy) is 1. The SMILES string of the molecule is CC(Oc1ccc(Cl)cc1)C(=O)NCCn1cc(-c2nc(-c3cccnc3)no2)nn1. The lowest BCUT2D eigenvalue weighted by Gasteiger charge is -2.14. The molecule has 1 aromatic carbocycles. The Morgan fingerprint density at radius 2 is 2.13 bits per heavy atom. The predicted octanol–water partition coefficient (Wildman–Crippen LogP) is 2.63. The van der Waals surface area contributed by atoms with Crippen LogP contribution >= 0.6 is 11.6 Å². The Balaban J connectivity index is 1.28. The highest BCUT2D eigenvalue weighted by Crippen LogP contribution is 2.19. The molecular weight excluding hydrogens is 422 g/mol. The number of pyridine rings is 1. The molecule has 0 spiro atoms. The largest absolute Gasteiger partial charge is 0.481 e. The summed E-state index contributed by atoms with van der Waals surface area (Å²) in [6, 6.07) is 10.4. The van der Waals surface area contributed by atoms with Crippen LogP contribution in [-0.4, -0.2) is 48.7 Å². The molecule has 1 atom stereocenters. The number of halogens is 1. The second-order valence-electron chi connectivity index (χ2n) is 6.54.